The Balaban J connectivity index is 1.85. The summed E-state index contributed by atoms with van der Waals surface area (Å²) in [6.07, 6.45) is 1.68. The van der Waals surface area contributed by atoms with E-state index in [2.05, 4.69) is 22.0 Å². The largest absolute Gasteiger partial charge is 0.318 e. The van der Waals surface area contributed by atoms with E-state index in [-0.39, 0.29) is 5.91 Å². The van der Waals surface area contributed by atoms with Crippen LogP contribution in [-0.4, -0.2) is 16.7 Å². The maximum atomic E-state index is 12.3. The van der Waals surface area contributed by atoms with E-state index in [1.807, 2.05) is 63.2 Å². The SMILES string of the molecule is Cc1ccccc1C(=O)N/N=C/c1cc(C)n(-c2cc(Cl)ccc2C)c1C. The number of hydrogen-bond acceptors (Lipinski definition) is 2. The van der Waals surface area contributed by atoms with Gasteiger partial charge in [-0.25, -0.2) is 5.43 Å². The number of nitrogens with zero attached hydrogens (tertiary/aromatic N) is 2. The van der Waals surface area contributed by atoms with E-state index in [0.717, 1.165) is 33.8 Å². The average molecular weight is 380 g/mol. The van der Waals surface area contributed by atoms with E-state index < -0.39 is 0 Å². The highest BCUT2D eigenvalue weighted by atomic mass is 35.5. The zero-order valence-electron chi connectivity index (χ0n) is 15.9. The van der Waals surface area contributed by atoms with Gasteiger partial charge in [0.1, 0.15) is 0 Å². The molecule has 0 atom stereocenters. The van der Waals surface area contributed by atoms with Crippen molar-refractivity contribution in [3.63, 3.8) is 0 Å². The van der Waals surface area contributed by atoms with Crippen molar-refractivity contribution in [2.45, 2.75) is 27.7 Å². The number of amides is 1. The summed E-state index contributed by atoms with van der Waals surface area (Å²) < 4.78 is 2.14. The molecule has 27 heavy (non-hydrogen) atoms. The van der Waals surface area contributed by atoms with Gasteiger partial charge in [0.05, 0.1) is 6.21 Å². The minimum absolute atomic E-state index is 0.219. The van der Waals surface area contributed by atoms with E-state index in [4.69, 9.17) is 11.6 Å². The first-order valence-corrected chi connectivity index (χ1v) is 9.11. The molecule has 0 fully saturated rings. The van der Waals surface area contributed by atoms with Crippen LogP contribution in [0.25, 0.3) is 5.69 Å². The Hall–Kier alpha value is -2.85. The molecule has 1 N–H and O–H groups in total. The number of benzene rings is 2. The van der Waals surface area contributed by atoms with Crippen LogP contribution < -0.4 is 5.43 Å². The summed E-state index contributed by atoms with van der Waals surface area (Å²) in [5.41, 5.74) is 9.37. The van der Waals surface area contributed by atoms with Gasteiger partial charge in [0.15, 0.2) is 0 Å². The second kappa shape index (κ2) is 7.80. The van der Waals surface area contributed by atoms with E-state index in [0.29, 0.717) is 10.6 Å². The Morgan fingerprint density at radius 2 is 1.78 bits per heavy atom. The molecule has 0 unspecified atom stereocenters. The third-order valence-electron chi connectivity index (χ3n) is 4.64. The Labute approximate surface area is 164 Å². The van der Waals surface area contributed by atoms with Crippen molar-refractivity contribution in [2.75, 3.05) is 0 Å². The molecule has 1 heterocycles. The molecule has 0 aliphatic heterocycles. The topological polar surface area (TPSA) is 46.4 Å². The molecule has 0 aliphatic carbocycles. The first-order valence-electron chi connectivity index (χ1n) is 8.73. The second-order valence-electron chi connectivity index (χ2n) is 6.61. The Kier molecular flexibility index (Phi) is 5.47. The highest BCUT2D eigenvalue weighted by Gasteiger charge is 2.12. The molecule has 0 saturated carbocycles. The van der Waals surface area contributed by atoms with Gasteiger partial charge < -0.3 is 4.57 Å². The second-order valence-corrected chi connectivity index (χ2v) is 7.04. The molecular weight excluding hydrogens is 358 g/mol. The van der Waals surface area contributed by atoms with Crippen LogP contribution in [0, 0.1) is 27.7 Å². The molecule has 4 nitrogen and oxygen atoms in total. The zero-order chi connectivity index (χ0) is 19.6. The van der Waals surface area contributed by atoms with Gasteiger partial charge in [-0.05, 0) is 63.1 Å². The highest BCUT2D eigenvalue weighted by Crippen LogP contribution is 2.25. The summed E-state index contributed by atoms with van der Waals surface area (Å²) >= 11 is 6.18. The van der Waals surface area contributed by atoms with Crippen molar-refractivity contribution >= 4 is 23.7 Å². The van der Waals surface area contributed by atoms with Crippen molar-refractivity contribution in [3.05, 3.63) is 87.2 Å². The zero-order valence-corrected chi connectivity index (χ0v) is 16.6. The van der Waals surface area contributed by atoms with Gasteiger partial charge >= 0.3 is 0 Å². The quantitative estimate of drug-likeness (QED) is 0.495. The first kappa shape index (κ1) is 18.9. The number of halogens is 1. The molecule has 0 bridgehead atoms. The standard InChI is InChI=1S/C22H22ClN3O/c1-14-7-5-6-8-20(14)22(27)25-24-13-18-11-16(3)26(17(18)4)21-12-19(23)10-9-15(21)2/h5-13H,1-4H3,(H,25,27)/b24-13+. The third kappa shape index (κ3) is 3.96. The number of nitrogens with one attached hydrogen (secondary N) is 1. The third-order valence-corrected chi connectivity index (χ3v) is 4.88. The van der Waals surface area contributed by atoms with Gasteiger partial charge in [-0.3, -0.25) is 4.79 Å². The first-order chi connectivity index (χ1) is 12.9. The molecule has 0 saturated heterocycles. The smallest absolute Gasteiger partial charge is 0.271 e. The van der Waals surface area contributed by atoms with E-state index in [9.17, 15) is 4.79 Å². The molecule has 3 rings (SSSR count). The molecule has 1 amide bonds. The lowest BCUT2D eigenvalue weighted by molar-refractivity contribution is 0.0954. The number of carbonyl (C=O) groups is 1. The van der Waals surface area contributed by atoms with Crippen LogP contribution in [0.15, 0.2) is 53.6 Å². The van der Waals surface area contributed by atoms with Crippen LogP contribution in [0.3, 0.4) is 0 Å². The van der Waals surface area contributed by atoms with Crippen molar-refractivity contribution in [1.82, 2.24) is 9.99 Å². The minimum atomic E-state index is -0.219. The van der Waals surface area contributed by atoms with Crippen LogP contribution in [0.5, 0.6) is 0 Å². The van der Waals surface area contributed by atoms with Crippen molar-refractivity contribution < 1.29 is 4.79 Å². The van der Waals surface area contributed by atoms with Crippen molar-refractivity contribution in [2.24, 2.45) is 5.10 Å². The summed E-state index contributed by atoms with van der Waals surface area (Å²) in [6.45, 7) is 8.02. The van der Waals surface area contributed by atoms with Gasteiger partial charge in [-0.2, -0.15) is 5.10 Å². The Morgan fingerprint density at radius 1 is 1.04 bits per heavy atom. The van der Waals surface area contributed by atoms with E-state index in [1.54, 1.807) is 12.3 Å². The maximum absolute atomic E-state index is 12.3. The molecule has 5 heteroatoms. The number of rotatable bonds is 4. The summed E-state index contributed by atoms with van der Waals surface area (Å²) in [5, 5.41) is 4.84. The Morgan fingerprint density at radius 3 is 2.52 bits per heavy atom. The number of hydrazone groups is 1. The lowest BCUT2D eigenvalue weighted by Gasteiger charge is -2.13. The van der Waals surface area contributed by atoms with Gasteiger partial charge in [0.25, 0.3) is 5.91 Å². The van der Waals surface area contributed by atoms with E-state index in [1.165, 1.54) is 0 Å². The van der Waals surface area contributed by atoms with Crippen LogP contribution in [0.1, 0.15) is 38.4 Å². The van der Waals surface area contributed by atoms with E-state index >= 15 is 0 Å². The molecule has 0 spiro atoms. The number of carbonyl (C=O) groups excluding carboxylic acids is 1. The average Bonchev–Trinajstić information content (AvgIpc) is 2.91. The van der Waals surface area contributed by atoms with Crippen molar-refractivity contribution in [3.8, 4) is 5.69 Å². The summed E-state index contributed by atoms with van der Waals surface area (Å²) in [5.74, 6) is -0.219. The molecule has 1 aromatic heterocycles. The maximum Gasteiger partial charge on any atom is 0.271 e. The minimum Gasteiger partial charge on any atom is -0.318 e. The van der Waals surface area contributed by atoms with Gasteiger partial charge in [0, 0.05) is 33.2 Å². The monoisotopic (exact) mass is 379 g/mol. The number of aromatic nitrogens is 1. The predicted octanol–water partition coefficient (Wildman–Crippen LogP) is 5.13. The number of hydrogen-bond donors (Lipinski definition) is 1. The normalized spacial score (nSPS) is 11.1. The van der Waals surface area contributed by atoms with Crippen LogP contribution in [-0.2, 0) is 0 Å². The predicted molar refractivity (Wildman–Crippen MR) is 111 cm³/mol. The molecular formula is C22H22ClN3O. The molecule has 3 aromatic rings. The fourth-order valence-corrected chi connectivity index (χ4v) is 3.33. The van der Waals surface area contributed by atoms with Gasteiger partial charge in [-0.15, -0.1) is 0 Å². The van der Waals surface area contributed by atoms with Crippen LogP contribution in [0.4, 0.5) is 0 Å². The molecule has 2 aromatic carbocycles. The highest BCUT2D eigenvalue weighted by molar-refractivity contribution is 6.30. The van der Waals surface area contributed by atoms with Crippen LogP contribution >= 0.6 is 11.6 Å². The summed E-state index contributed by atoms with van der Waals surface area (Å²) in [4.78, 5) is 12.3. The fraction of sp³-hybridized carbons (Fsp3) is 0.182. The van der Waals surface area contributed by atoms with Crippen LogP contribution in [0.2, 0.25) is 5.02 Å². The fourth-order valence-electron chi connectivity index (χ4n) is 3.16. The lowest BCUT2D eigenvalue weighted by Crippen LogP contribution is -2.18. The molecule has 138 valence electrons. The van der Waals surface area contributed by atoms with Gasteiger partial charge in [0.2, 0.25) is 0 Å². The molecule has 0 aliphatic rings. The summed E-state index contributed by atoms with van der Waals surface area (Å²) in [7, 11) is 0. The summed E-state index contributed by atoms with van der Waals surface area (Å²) in [6, 6.07) is 15.3. The number of aryl methyl sites for hydroxylation is 3. The molecule has 0 radical (unpaired) electrons. The van der Waals surface area contributed by atoms with Gasteiger partial charge in [-0.1, -0.05) is 35.9 Å². The van der Waals surface area contributed by atoms with Crippen molar-refractivity contribution in [1.29, 1.82) is 0 Å². The lowest BCUT2D eigenvalue weighted by atomic mass is 10.1. The Bertz CT molecular complexity index is 1030.